The lowest BCUT2D eigenvalue weighted by atomic mass is 10.1. The van der Waals surface area contributed by atoms with Gasteiger partial charge in [-0.1, -0.05) is 6.07 Å². The maximum absolute atomic E-state index is 12.9. The Morgan fingerprint density at radius 3 is 2.36 bits per heavy atom. The first-order chi connectivity index (χ1) is 6.66. The monoisotopic (exact) mass is 194 g/mol. The molecule has 0 fully saturated rings. The van der Waals surface area contributed by atoms with E-state index < -0.39 is 11.6 Å². The van der Waals surface area contributed by atoms with Gasteiger partial charge in [0.1, 0.15) is 5.76 Å². The Bertz CT molecular complexity index is 460. The van der Waals surface area contributed by atoms with Crippen LogP contribution in [0.5, 0.6) is 0 Å². The molecule has 1 nitrogen and oxygen atoms in total. The zero-order valence-corrected chi connectivity index (χ0v) is 7.55. The highest BCUT2D eigenvalue weighted by molar-refractivity contribution is 5.62. The molecule has 0 amide bonds. The van der Waals surface area contributed by atoms with Crippen molar-refractivity contribution >= 4 is 0 Å². The minimum Gasteiger partial charge on any atom is -0.469 e. The average Bonchev–Trinajstić information content (AvgIpc) is 2.57. The molecule has 0 bridgehead atoms. The fourth-order valence-electron chi connectivity index (χ4n) is 1.27. The molecular weight excluding hydrogens is 186 g/mol. The van der Waals surface area contributed by atoms with E-state index in [1.165, 1.54) is 12.3 Å². The molecule has 72 valence electrons. The molecule has 0 unspecified atom stereocenters. The van der Waals surface area contributed by atoms with Crippen LogP contribution in [0.1, 0.15) is 5.76 Å². The summed E-state index contributed by atoms with van der Waals surface area (Å²) < 4.78 is 30.6. The molecule has 1 aromatic heterocycles. The third-order valence-corrected chi connectivity index (χ3v) is 1.98. The maximum Gasteiger partial charge on any atom is 0.159 e. The van der Waals surface area contributed by atoms with Gasteiger partial charge in [-0.05, 0) is 30.7 Å². The molecule has 1 aromatic carbocycles. The van der Waals surface area contributed by atoms with Gasteiger partial charge in [-0.15, -0.1) is 0 Å². The summed E-state index contributed by atoms with van der Waals surface area (Å²) in [5.74, 6) is -0.944. The zero-order chi connectivity index (χ0) is 10.1. The van der Waals surface area contributed by atoms with Gasteiger partial charge in [0.2, 0.25) is 0 Å². The number of furan rings is 1. The van der Waals surface area contributed by atoms with Gasteiger partial charge in [-0.2, -0.15) is 0 Å². The van der Waals surface area contributed by atoms with E-state index >= 15 is 0 Å². The summed E-state index contributed by atoms with van der Waals surface area (Å²) in [5.41, 5.74) is 1.36. The topological polar surface area (TPSA) is 13.1 Å². The van der Waals surface area contributed by atoms with E-state index in [2.05, 4.69) is 0 Å². The van der Waals surface area contributed by atoms with Crippen molar-refractivity contribution in [2.75, 3.05) is 0 Å². The highest BCUT2D eigenvalue weighted by atomic mass is 19.2. The van der Waals surface area contributed by atoms with Gasteiger partial charge in [-0.25, -0.2) is 8.78 Å². The molecule has 14 heavy (non-hydrogen) atoms. The van der Waals surface area contributed by atoms with E-state index in [1.807, 2.05) is 0 Å². The van der Waals surface area contributed by atoms with Crippen molar-refractivity contribution < 1.29 is 13.2 Å². The van der Waals surface area contributed by atoms with Gasteiger partial charge < -0.3 is 4.42 Å². The van der Waals surface area contributed by atoms with Crippen LogP contribution < -0.4 is 0 Å². The van der Waals surface area contributed by atoms with E-state index in [-0.39, 0.29) is 0 Å². The molecule has 0 spiro atoms. The Morgan fingerprint density at radius 2 is 1.79 bits per heavy atom. The van der Waals surface area contributed by atoms with Crippen molar-refractivity contribution in [3.05, 3.63) is 47.9 Å². The van der Waals surface area contributed by atoms with Gasteiger partial charge in [0.15, 0.2) is 11.6 Å². The first kappa shape index (κ1) is 8.94. The number of rotatable bonds is 1. The van der Waals surface area contributed by atoms with Gasteiger partial charge in [-0.3, -0.25) is 0 Å². The predicted octanol–water partition coefficient (Wildman–Crippen LogP) is 3.53. The summed E-state index contributed by atoms with van der Waals surface area (Å²) in [7, 11) is 0. The smallest absolute Gasteiger partial charge is 0.159 e. The third kappa shape index (κ3) is 1.53. The van der Waals surface area contributed by atoms with Crippen LogP contribution in [0, 0.1) is 18.6 Å². The van der Waals surface area contributed by atoms with Crippen LogP contribution in [0.3, 0.4) is 0 Å². The second-order valence-corrected chi connectivity index (χ2v) is 3.07. The molecule has 1 heterocycles. The minimum atomic E-state index is -0.846. The highest BCUT2D eigenvalue weighted by Gasteiger charge is 2.05. The zero-order valence-electron chi connectivity index (χ0n) is 7.55. The van der Waals surface area contributed by atoms with Crippen LogP contribution in [0.4, 0.5) is 8.78 Å². The first-order valence-electron chi connectivity index (χ1n) is 4.17. The summed E-state index contributed by atoms with van der Waals surface area (Å²) in [6.45, 7) is 1.80. The molecule has 0 aliphatic heterocycles. The van der Waals surface area contributed by atoms with Crippen LogP contribution in [0.2, 0.25) is 0 Å². The summed E-state index contributed by atoms with van der Waals surface area (Å²) in [4.78, 5) is 0. The standard InChI is InChI=1S/C11H8F2O/c1-7-4-9(6-14-7)8-2-3-10(12)11(13)5-8/h2-6H,1H3. The van der Waals surface area contributed by atoms with Gasteiger partial charge in [0, 0.05) is 5.56 Å². The van der Waals surface area contributed by atoms with Crippen LogP contribution >= 0.6 is 0 Å². The van der Waals surface area contributed by atoms with Crippen molar-refractivity contribution in [3.63, 3.8) is 0 Å². The van der Waals surface area contributed by atoms with E-state index in [0.717, 1.165) is 23.5 Å². The molecule has 3 heteroatoms. The molecule has 0 atom stereocenters. The second kappa shape index (κ2) is 3.25. The Balaban J connectivity index is 2.47. The molecule has 0 saturated carbocycles. The molecule has 0 radical (unpaired) electrons. The van der Waals surface area contributed by atoms with Crippen LogP contribution in [-0.2, 0) is 0 Å². The molecule has 0 saturated heterocycles. The quantitative estimate of drug-likeness (QED) is 0.676. The SMILES string of the molecule is Cc1cc(-c2ccc(F)c(F)c2)co1. The second-order valence-electron chi connectivity index (χ2n) is 3.07. The number of halogens is 2. The Hall–Kier alpha value is -1.64. The van der Waals surface area contributed by atoms with Gasteiger partial charge >= 0.3 is 0 Å². The van der Waals surface area contributed by atoms with E-state index in [9.17, 15) is 8.78 Å². The van der Waals surface area contributed by atoms with Crippen LogP contribution in [-0.4, -0.2) is 0 Å². The van der Waals surface area contributed by atoms with Crippen molar-refractivity contribution in [2.45, 2.75) is 6.92 Å². The molecule has 0 aliphatic rings. The molecule has 2 rings (SSSR count). The predicted molar refractivity (Wildman–Crippen MR) is 48.8 cm³/mol. The Kier molecular flexibility index (Phi) is 2.08. The summed E-state index contributed by atoms with van der Waals surface area (Å²) in [6, 6.07) is 5.54. The molecule has 0 N–H and O–H groups in total. The van der Waals surface area contributed by atoms with Crippen molar-refractivity contribution in [1.29, 1.82) is 0 Å². The van der Waals surface area contributed by atoms with Crippen LogP contribution in [0.25, 0.3) is 11.1 Å². The van der Waals surface area contributed by atoms with Crippen molar-refractivity contribution in [2.24, 2.45) is 0 Å². The average molecular weight is 194 g/mol. The minimum absolute atomic E-state index is 0.612. The van der Waals surface area contributed by atoms with Gasteiger partial charge in [0.25, 0.3) is 0 Å². The van der Waals surface area contributed by atoms with Crippen LogP contribution in [0.15, 0.2) is 34.9 Å². The lowest BCUT2D eigenvalue weighted by molar-refractivity contribution is 0.509. The Labute approximate surface area is 80.0 Å². The summed E-state index contributed by atoms with van der Waals surface area (Å²) >= 11 is 0. The van der Waals surface area contributed by atoms with E-state index in [0.29, 0.717) is 5.56 Å². The highest BCUT2D eigenvalue weighted by Crippen LogP contribution is 2.23. The number of benzene rings is 1. The lowest BCUT2D eigenvalue weighted by Gasteiger charge is -1.97. The third-order valence-electron chi connectivity index (χ3n) is 1.98. The maximum atomic E-state index is 12.9. The Morgan fingerprint density at radius 1 is 1.00 bits per heavy atom. The van der Waals surface area contributed by atoms with Crippen molar-refractivity contribution in [1.82, 2.24) is 0 Å². The normalized spacial score (nSPS) is 10.5. The summed E-state index contributed by atoms with van der Waals surface area (Å²) in [5, 5.41) is 0. The van der Waals surface area contributed by atoms with E-state index in [4.69, 9.17) is 4.42 Å². The molecule has 2 aromatic rings. The fraction of sp³-hybridized carbons (Fsp3) is 0.0909. The fourth-order valence-corrected chi connectivity index (χ4v) is 1.27. The van der Waals surface area contributed by atoms with E-state index in [1.54, 1.807) is 13.0 Å². The van der Waals surface area contributed by atoms with Crippen molar-refractivity contribution in [3.8, 4) is 11.1 Å². The number of hydrogen-bond donors (Lipinski definition) is 0. The molecule has 0 aliphatic carbocycles. The molecular formula is C11H8F2O. The lowest BCUT2D eigenvalue weighted by Crippen LogP contribution is -1.83. The number of hydrogen-bond acceptors (Lipinski definition) is 1. The first-order valence-corrected chi connectivity index (χ1v) is 4.17. The summed E-state index contributed by atoms with van der Waals surface area (Å²) in [6.07, 6.45) is 1.52. The van der Waals surface area contributed by atoms with Gasteiger partial charge in [0.05, 0.1) is 6.26 Å². The number of aryl methyl sites for hydroxylation is 1. The largest absolute Gasteiger partial charge is 0.469 e.